The predicted molar refractivity (Wildman–Crippen MR) is 103 cm³/mol. The van der Waals surface area contributed by atoms with Gasteiger partial charge in [-0.1, -0.05) is 6.92 Å². The van der Waals surface area contributed by atoms with Crippen LogP contribution in [0.15, 0.2) is 39.8 Å². The van der Waals surface area contributed by atoms with E-state index in [0.29, 0.717) is 34.7 Å². The Labute approximate surface area is 161 Å². The second-order valence-corrected chi connectivity index (χ2v) is 7.65. The summed E-state index contributed by atoms with van der Waals surface area (Å²) in [5, 5.41) is 0. The third kappa shape index (κ3) is 2.76. The average Bonchev–Trinajstić information content (AvgIpc) is 3.20. The van der Waals surface area contributed by atoms with E-state index >= 15 is 0 Å². The molecule has 1 aromatic rings. The fourth-order valence-corrected chi connectivity index (χ4v) is 4.34. The molecule has 0 aromatic carbocycles. The summed E-state index contributed by atoms with van der Waals surface area (Å²) in [6, 6.07) is 1.72. The number of fused-ring (bicyclic) bond motifs is 3. The van der Waals surface area contributed by atoms with E-state index in [2.05, 4.69) is 21.9 Å². The molecule has 0 spiro atoms. The van der Waals surface area contributed by atoms with E-state index in [1.807, 2.05) is 10.6 Å². The van der Waals surface area contributed by atoms with Crippen molar-refractivity contribution in [1.29, 1.82) is 0 Å². The van der Waals surface area contributed by atoms with Gasteiger partial charge in [0.25, 0.3) is 0 Å². The van der Waals surface area contributed by atoms with Crippen molar-refractivity contribution in [2.24, 2.45) is 11.8 Å². The summed E-state index contributed by atoms with van der Waals surface area (Å²) in [6.07, 6.45) is 9.52. The van der Waals surface area contributed by atoms with Gasteiger partial charge in [0.2, 0.25) is 0 Å². The van der Waals surface area contributed by atoms with Crippen LogP contribution in [0.1, 0.15) is 31.7 Å². The fourth-order valence-electron chi connectivity index (χ4n) is 4.34. The van der Waals surface area contributed by atoms with Crippen molar-refractivity contribution in [3.8, 4) is 17.3 Å². The number of rotatable bonds is 3. The molecular formula is C20H21N5O3. The van der Waals surface area contributed by atoms with E-state index in [-0.39, 0.29) is 11.7 Å². The summed E-state index contributed by atoms with van der Waals surface area (Å²) in [5.41, 5.74) is 7.90. The topological polar surface area (TPSA) is 109 Å². The summed E-state index contributed by atoms with van der Waals surface area (Å²) in [6.45, 7) is 3.04. The molecular weight excluding hydrogens is 358 g/mol. The van der Waals surface area contributed by atoms with Gasteiger partial charge in [-0.15, -0.1) is 0 Å². The molecule has 8 heteroatoms. The van der Waals surface area contributed by atoms with E-state index in [1.54, 1.807) is 12.4 Å². The second kappa shape index (κ2) is 6.47. The zero-order valence-corrected chi connectivity index (χ0v) is 15.5. The van der Waals surface area contributed by atoms with Crippen LogP contribution in [-0.4, -0.2) is 25.6 Å². The van der Waals surface area contributed by atoms with Gasteiger partial charge in [0.1, 0.15) is 29.4 Å². The molecule has 2 N–H and O–H groups in total. The van der Waals surface area contributed by atoms with Gasteiger partial charge in [0.15, 0.2) is 11.6 Å². The zero-order valence-electron chi connectivity index (χ0n) is 15.5. The van der Waals surface area contributed by atoms with Gasteiger partial charge in [0, 0.05) is 12.6 Å². The maximum Gasteiger partial charge on any atom is 0.346 e. The molecule has 1 fully saturated rings. The standard InChI is InChI=1S/C20H21N5O3/c1-11(8-25-10-24-18(21)17-19(25)23-9-22-17)12-2-3-13-6-14-15(28-16(13)7-12)4-5-27-20(14)26/h4-6,9-12,16H,2-3,7-8,21H2,1H3/t11?,12-,16?/m0/s1. The first-order chi connectivity index (χ1) is 13.6. The van der Waals surface area contributed by atoms with Gasteiger partial charge in [-0.05, 0) is 42.7 Å². The minimum atomic E-state index is -0.342. The highest BCUT2D eigenvalue weighted by molar-refractivity contribution is 5.64. The van der Waals surface area contributed by atoms with Crippen LogP contribution >= 0.6 is 0 Å². The van der Waals surface area contributed by atoms with Gasteiger partial charge in [-0.2, -0.15) is 0 Å². The Morgan fingerprint density at radius 2 is 2.25 bits per heavy atom. The van der Waals surface area contributed by atoms with Gasteiger partial charge in [-0.25, -0.2) is 19.7 Å². The van der Waals surface area contributed by atoms with E-state index in [0.717, 1.165) is 31.6 Å². The third-order valence-electron chi connectivity index (χ3n) is 5.93. The van der Waals surface area contributed by atoms with E-state index in [4.69, 9.17) is 14.9 Å². The molecule has 0 saturated heterocycles. The first-order valence-electron chi connectivity index (χ1n) is 9.50. The molecule has 0 amide bonds. The number of anilines is 1. The molecule has 5 rings (SSSR count). The molecule has 0 radical (unpaired) electrons. The first kappa shape index (κ1) is 17.0. The van der Waals surface area contributed by atoms with Crippen LogP contribution in [-0.2, 0) is 6.54 Å². The lowest BCUT2D eigenvalue weighted by atomic mass is 9.76. The van der Waals surface area contributed by atoms with Crippen LogP contribution in [0.4, 0.5) is 5.82 Å². The van der Waals surface area contributed by atoms with E-state index < -0.39 is 0 Å². The van der Waals surface area contributed by atoms with Gasteiger partial charge < -0.3 is 19.5 Å². The van der Waals surface area contributed by atoms with Crippen molar-refractivity contribution in [1.82, 2.24) is 19.5 Å². The summed E-state index contributed by atoms with van der Waals surface area (Å²) in [4.78, 5) is 24.7. The largest absolute Gasteiger partial charge is 0.485 e. The Hall–Kier alpha value is -3.16. The Kier molecular flexibility index (Phi) is 3.92. The highest BCUT2D eigenvalue weighted by Crippen LogP contribution is 2.40. The molecule has 1 saturated carbocycles. The number of nitrogen functional groups attached to an aromatic ring is 1. The number of hydrogen-bond donors (Lipinski definition) is 1. The fraction of sp³-hybridized carbons (Fsp3) is 0.400. The smallest absolute Gasteiger partial charge is 0.346 e. The summed E-state index contributed by atoms with van der Waals surface area (Å²) in [5.74, 6) is 2.69. The molecule has 144 valence electrons. The lowest BCUT2D eigenvalue weighted by Gasteiger charge is -2.37. The normalized spacial score (nSPS) is 22.1. The van der Waals surface area contributed by atoms with Crippen LogP contribution in [0.2, 0.25) is 0 Å². The predicted octanol–water partition coefficient (Wildman–Crippen LogP) is 2.59. The molecule has 4 aliphatic rings. The zero-order chi connectivity index (χ0) is 19.3. The maximum atomic E-state index is 11.9. The van der Waals surface area contributed by atoms with Crippen molar-refractivity contribution in [3.05, 3.63) is 46.5 Å². The lowest BCUT2D eigenvalue weighted by molar-refractivity contribution is 0.135. The number of nitrogens with two attached hydrogens (primary N) is 1. The van der Waals surface area contributed by atoms with Crippen molar-refractivity contribution in [3.63, 3.8) is 0 Å². The number of nitrogens with zero attached hydrogens (tertiary/aromatic N) is 4. The third-order valence-corrected chi connectivity index (χ3v) is 5.93. The molecule has 1 aliphatic carbocycles. The van der Waals surface area contributed by atoms with Crippen molar-refractivity contribution >= 4 is 11.9 Å². The van der Waals surface area contributed by atoms with Crippen LogP contribution in [0, 0.1) is 11.8 Å². The molecule has 8 nitrogen and oxygen atoms in total. The Morgan fingerprint density at radius 3 is 3.14 bits per heavy atom. The Bertz CT molecular complexity index is 1090. The highest BCUT2D eigenvalue weighted by Gasteiger charge is 2.34. The van der Waals surface area contributed by atoms with Crippen LogP contribution in [0.3, 0.4) is 0 Å². The van der Waals surface area contributed by atoms with Crippen LogP contribution < -0.4 is 16.1 Å². The molecule has 0 bridgehead atoms. The Balaban J connectivity index is 1.33. The summed E-state index contributed by atoms with van der Waals surface area (Å²) < 4.78 is 13.1. The van der Waals surface area contributed by atoms with Crippen LogP contribution in [0.25, 0.3) is 17.6 Å². The van der Waals surface area contributed by atoms with E-state index in [9.17, 15) is 4.79 Å². The minimum absolute atomic E-state index is 0.0174. The summed E-state index contributed by atoms with van der Waals surface area (Å²) >= 11 is 0. The number of imidazole rings is 1. The first-order valence-corrected chi connectivity index (χ1v) is 9.50. The minimum Gasteiger partial charge on any atom is -0.485 e. The van der Waals surface area contributed by atoms with E-state index in [1.165, 1.54) is 18.2 Å². The highest BCUT2D eigenvalue weighted by atomic mass is 16.5. The van der Waals surface area contributed by atoms with Crippen molar-refractivity contribution in [2.45, 2.75) is 38.8 Å². The SMILES string of the molecule is CC(Cn1cnc(N)c2ncnc1-2)[C@H]1CCC2=Cc3c(ccoc3=O)OC2C1. The van der Waals surface area contributed by atoms with Crippen molar-refractivity contribution < 1.29 is 9.15 Å². The molecule has 3 atom stereocenters. The Morgan fingerprint density at radius 1 is 1.36 bits per heavy atom. The van der Waals surface area contributed by atoms with Gasteiger partial charge >= 0.3 is 5.63 Å². The quantitative estimate of drug-likeness (QED) is 0.745. The molecule has 4 heterocycles. The maximum absolute atomic E-state index is 11.9. The molecule has 3 aliphatic heterocycles. The molecule has 1 aromatic heterocycles. The van der Waals surface area contributed by atoms with Crippen molar-refractivity contribution in [2.75, 3.05) is 5.73 Å². The number of aromatic nitrogens is 4. The average molecular weight is 379 g/mol. The second-order valence-electron chi connectivity index (χ2n) is 7.65. The van der Waals surface area contributed by atoms with Gasteiger partial charge in [-0.3, -0.25) is 0 Å². The molecule has 2 unspecified atom stereocenters. The van der Waals surface area contributed by atoms with Crippen LogP contribution in [0.5, 0.6) is 5.75 Å². The summed E-state index contributed by atoms with van der Waals surface area (Å²) in [7, 11) is 0. The lowest BCUT2D eigenvalue weighted by Crippen LogP contribution is -2.34. The number of hydrogen-bond acceptors (Lipinski definition) is 7. The van der Waals surface area contributed by atoms with Gasteiger partial charge in [0.05, 0.1) is 12.6 Å². The molecule has 28 heavy (non-hydrogen) atoms. The monoisotopic (exact) mass is 379 g/mol. The number of ether oxygens (including phenoxy) is 1.